The lowest BCUT2D eigenvalue weighted by atomic mass is 10.6. The maximum atomic E-state index is 7.70. The van der Waals surface area contributed by atoms with Crippen molar-refractivity contribution in [2.75, 3.05) is 0 Å². The van der Waals surface area contributed by atoms with E-state index in [9.17, 15) is 0 Å². The van der Waals surface area contributed by atoms with Gasteiger partial charge in [-0.05, 0) is 6.92 Å². The highest BCUT2D eigenvalue weighted by atomic mass is 35.5. The summed E-state index contributed by atoms with van der Waals surface area (Å²) in [5, 5.41) is 7.11. The minimum absolute atomic E-state index is 0.588. The van der Waals surface area contributed by atoms with Gasteiger partial charge in [-0.15, -0.1) is 11.6 Å². The quantitative estimate of drug-likeness (QED) is 0.405. The summed E-state index contributed by atoms with van der Waals surface area (Å²) in [6.07, 6.45) is 0. The van der Waals surface area contributed by atoms with Gasteiger partial charge >= 0.3 is 0 Å². The molecule has 0 N–H and O–H groups in total. The molecule has 27 valence electrons. The van der Waals surface area contributed by atoms with Crippen LogP contribution in [0.2, 0.25) is 0 Å². The third-order valence-corrected chi connectivity index (χ3v) is 0.238. The van der Waals surface area contributed by atoms with Crippen LogP contribution in [0.25, 0.3) is 0 Å². The van der Waals surface area contributed by atoms with Gasteiger partial charge in [-0.3, -0.25) is 0 Å². The molecule has 0 spiro atoms. The number of hydrogen-bond donors (Lipinski definition) is 0. The van der Waals surface area contributed by atoms with Crippen LogP contribution >= 0.6 is 11.6 Å². The molecular formula is C3H3ClN. The van der Waals surface area contributed by atoms with E-state index in [2.05, 4.69) is 6.92 Å². The Hall–Kier alpha value is -0.220. The van der Waals surface area contributed by atoms with E-state index in [4.69, 9.17) is 16.9 Å². The van der Waals surface area contributed by atoms with Crippen molar-refractivity contribution in [1.29, 1.82) is 5.26 Å². The summed E-state index contributed by atoms with van der Waals surface area (Å²) in [7, 11) is 0. The van der Waals surface area contributed by atoms with Crippen LogP contribution < -0.4 is 0 Å². The van der Waals surface area contributed by atoms with Crippen LogP contribution in [0.4, 0.5) is 0 Å². The van der Waals surface area contributed by atoms with Crippen molar-refractivity contribution in [3.63, 3.8) is 0 Å². The van der Waals surface area contributed by atoms with Crippen molar-refractivity contribution in [1.82, 2.24) is 0 Å². The Balaban J connectivity index is 2.94. The number of alkyl halides is 1. The molecule has 0 heterocycles. The van der Waals surface area contributed by atoms with Gasteiger partial charge in [0.15, 0.2) is 0 Å². The fourth-order valence-corrected chi connectivity index (χ4v) is 0. The highest BCUT2D eigenvalue weighted by Gasteiger charge is 1.82. The fourth-order valence-electron chi connectivity index (χ4n) is 0. The first kappa shape index (κ1) is 4.78. The monoisotopic (exact) mass is 88.0 g/mol. The summed E-state index contributed by atoms with van der Waals surface area (Å²) in [5.41, 5.74) is 0. The topological polar surface area (TPSA) is 23.8 Å². The van der Waals surface area contributed by atoms with Crippen LogP contribution in [0, 0.1) is 18.3 Å². The maximum absolute atomic E-state index is 7.70. The average molecular weight is 88.5 g/mol. The molecule has 0 fully saturated rings. The van der Waals surface area contributed by atoms with Gasteiger partial charge in [-0.1, -0.05) is 0 Å². The van der Waals surface area contributed by atoms with E-state index in [-0.39, 0.29) is 0 Å². The Morgan fingerprint density at radius 2 is 2.20 bits per heavy atom. The van der Waals surface area contributed by atoms with E-state index in [0.29, 0.717) is 0 Å². The van der Waals surface area contributed by atoms with E-state index < -0.39 is 5.38 Å². The normalized spacial score (nSPS) is 13.0. The first-order chi connectivity index (χ1) is 2.27. The number of nitriles is 1. The second kappa shape index (κ2) is 2.04. The third-order valence-electron chi connectivity index (χ3n) is 0.140. The van der Waals surface area contributed by atoms with Crippen LogP contribution in [0.15, 0.2) is 0 Å². The molecule has 1 radical (unpaired) electrons. The summed E-state index contributed by atoms with van der Waals surface area (Å²) in [6, 6.07) is 1.68. The zero-order chi connectivity index (χ0) is 4.28. The summed E-state index contributed by atoms with van der Waals surface area (Å²) >= 11 is 4.99. The molecule has 0 aliphatic rings. The average Bonchev–Trinajstić information content (AvgIpc) is 1.38. The number of rotatable bonds is 0. The molecule has 0 aliphatic carbocycles. The zero-order valence-electron chi connectivity index (χ0n) is 2.61. The standard InChI is InChI=1S/C3H3ClN/c1-3(4)2-5/h3H,1H2. The minimum Gasteiger partial charge on any atom is -0.197 e. The molecule has 0 rings (SSSR count). The minimum atomic E-state index is -0.588. The lowest BCUT2D eigenvalue weighted by Gasteiger charge is -1.72. The lowest BCUT2D eigenvalue weighted by molar-refractivity contribution is 1.36. The van der Waals surface area contributed by atoms with E-state index in [1.54, 1.807) is 6.07 Å². The fraction of sp³-hybridized carbons (Fsp3) is 0.333. The van der Waals surface area contributed by atoms with E-state index in [1.165, 1.54) is 0 Å². The Labute approximate surface area is 36.2 Å². The zero-order valence-corrected chi connectivity index (χ0v) is 3.37. The van der Waals surface area contributed by atoms with Gasteiger partial charge < -0.3 is 0 Å². The Kier molecular flexibility index (Phi) is 1.95. The number of nitrogens with zero attached hydrogens (tertiary/aromatic N) is 1. The maximum Gasteiger partial charge on any atom is 0.120 e. The molecule has 0 aliphatic heterocycles. The van der Waals surface area contributed by atoms with Gasteiger partial charge in [0.2, 0.25) is 0 Å². The van der Waals surface area contributed by atoms with E-state index >= 15 is 0 Å². The molecule has 0 aromatic heterocycles. The molecular weight excluding hydrogens is 85.5 g/mol. The highest BCUT2D eigenvalue weighted by Crippen LogP contribution is 1.84. The highest BCUT2D eigenvalue weighted by molar-refractivity contribution is 6.22. The van der Waals surface area contributed by atoms with Gasteiger partial charge in [-0.2, -0.15) is 5.26 Å². The SMILES string of the molecule is [CH2]C(Cl)C#N. The first-order valence-electron chi connectivity index (χ1n) is 1.14. The molecule has 2 heteroatoms. The second-order valence-electron chi connectivity index (χ2n) is 0.597. The van der Waals surface area contributed by atoms with Crippen molar-refractivity contribution in [3.8, 4) is 6.07 Å². The summed E-state index contributed by atoms with van der Waals surface area (Å²) < 4.78 is 0. The van der Waals surface area contributed by atoms with Gasteiger partial charge in [0.1, 0.15) is 5.38 Å². The van der Waals surface area contributed by atoms with Crippen molar-refractivity contribution >= 4 is 11.6 Å². The molecule has 0 aromatic carbocycles. The number of halogens is 1. The second-order valence-corrected chi connectivity index (χ2v) is 1.12. The van der Waals surface area contributed by atoms with E-state index in [1.807, 2.05) is 0 Å². The predicted octanol–water partition coefficient (Wildman–Crippen LogP) is 0.951. The smallest absolute Gasteiger partial charge is 0.120 e. The largest absolute Gasteiger partial charge is 0.197 e. The lowest BCUT2D eigenvalue weighted by Crippen LogP contribution is -1.78. The van der Waals surface area contributed by atoms with Crippen molar-refractivity contribution in [2.24, 2.45) is 0 Å². The molecule has 0 amide bonds. The number of hydrogen-bond acceptors (Lipinski definition) is 1. The van der Waals surface area contributed by atoms with Crippen LogP contribution in [0.1, 0.15) is 0 Å². The Bertz CT molecular complexity index is 52.4. The predicted molar refractivity (Wildman–Crippen MR) is 20.6 cm³/mol. The summed E-state index contributed by atoms with van der Waals surface area (Å²) in [6.45, 7) is 3.16. The van der Waals surface area contributed by atoms with Crippen molar-refractivity contribution in [2.45, 2.75) is 5.38 Å². The van der Waals surface area contributed by atoms with Gasteiger partial charge in [0.05, 0.1) is 6.07 Å². The summed E-state index contributed by atoms with van der Waals surface area (Å²) in [4.78, 5) is 0. The van der Waals surface area contributed by atoms with E-state index in [0.717, 1.165) is 0 Å². The summed E-state index contributed by atoms with van der Waals surface area (Å²) in [5.74, 6) is 0. The molecule has 0 aromatic rings. The van der Waals surface area contributed by atoms with Crippen molar-refractivity contribution < 1.29 is 0 Å². The van der Waals surface area contributed by atoms with Gasteiger partial charge in [0.25, 0.3) is 0 Å². The molecule has 1 atom stereocenters. The Morgan fingerprint density at radius 1 is 2.00 bits per heavy atom. The van der Waals surface area contributed by atoms with Crippen LogP contribution in [-0.4, -0.2) is 5.38 Å². The molecule has 0 bridgehead atoms. The van der Waals surface area contributed by atoms with Gasteiger partial charge in [0, 0.05) is 0 Å². The van der Waals surface area contributed by atoms with Crippen LogP contribution in [0.3, 0.4) is 0 Å². The molecule has 5 heavy (non-hydrogen) atoms. The van der Waals surface area contributed by atoms with Crippen LogP contribution in [-0.2, 0) is 0 Å². The molecule has 0 saturated heterocycles. The van der Waals surface area contributed by atoms with Crippen molar-refractivity contribution in [3.05, 3.63) is 6.92 Å². The molecule has 1 nitrogen and oxygen atoms in total. The van der Waals surface area contributed by atoms with Gasteiger partial charge in [-0.25, -0.2) is 0 Å². The Morgan fingerprint density at radius 3 is 2.20 bits per heavy atom. The van der Waals surface area contributed by atoms with Crippen LogP contribution in [0.5, 0.6) is 0 Å². The molecule has 1 unspecified atom stereocenters. The molecule has 0 saturated carbocycles. The first-order valence-corrected chi connectivity index (χ1v) is 1.58. The third kappa shape index (κ3) is 3.78.